The molecule has 8 rings (SSSR count). The van der Waals surface area contributed by atoms with Crippen LogP contribution < -0.4 is 10.1 Å². The molecule has 274 valence electrons. The number of likely N-dealkylation sites (tertiary alicyclic amines) is 2. The molecule has 5 aliphatic heterocycles. The molecular weight excluding hydrogens is 654 g/mol. The second-order valence-corrected chi connectivity index (χ2v) is 15.9. The maximum absolute atomic E-state index is 14.0. The molecule has 1 aliphatic carbocycles. The lowest BCUT2D eigenvalue weighted by Crippen LogP contribution is -2.55. The number of carbonyl (C=O) groups excluding carboxylic acids is 2. The van der Waals surface area contributed by atoms with Crippen LogP contribution in [0.5, 0.6) is 5.75 Å². The molecule has 0 saturated carbocycles. The smallest absolute Gasteiger partial charge is 0.407 e. The number of benzene rings is 2. The molecule has 1 N–H and O–H groups in total. The van der Waals surface area contributed by atoms with Gasteiger partial charge in [-0.25, -0.2) is 4.79 Å². The van der Waals surface area contributed by atoms with Gasteiger partial charge < -0.3 is 24.4 Å². The van der Waals surface area contributed by atoms with Crippen molar-refractivity contribution in [3.05, 3.63) is 64.5 Å². The first-order valence-corrected chi connectivity index (χ1v) is 19.0. The minimum Gasteiger partial charge on any atom is -0.488 e. The van der Waals surface area contributed by atoms with Gasteiger partial charge in [-0.2, -0.15) is 0 Å². The summed E-state index contributed by atoms with van der Waals surface area (Å²) in [4.78, 5) is 40.6. The Kier molecular flexibility index (Phi) is 9.32. The lowest BCUT2D eigenvalue weighted by molar-refractivity contribution is -0.135. The molecule has 6 aliphatic rings. The first-order valence-electron chi connectivity index (χ1n) is 19.0. The Balaban J connectivity index is 0.979. The quantitative estimate of drug-likeness (QED) is 0.330. The van der Waals surface area contributed by atoms with Crippen LogP contribution in [0.2, 0.25) is 0 Å². The monoisotopic (exact) mass is 705 g/mol. The standard InChI is InChI=1S/C42H51N5O5/c1-23(2)40(45-42(49)51-6)41(48)47-24(3)7-12-37(47)36-17-32-31-18-39-33(15-27(31)9-11-34(32)44-36)30-10-8-26(14-29(30)22-52-39)28-16-35(43-19-28)38-13-25(21-50-5)20-46(38)4/h8,10,14-15,18-19,23-25,37-38,40H,7,9,11-13,16-17,20-22H2,1-6H3,(H,45,49)/t24-,25-,37-,38-,40-/m0/s1. The van der Waals surface area contributed by atoms with Gasteiger partial charge >= 0.3 is 6.09 Å². The SMILES string of the molecule is COC[C@H]1C[C@@H](C2=NC=C(c3ccc4c(c3)COc3cc5c(cc3-4)CCC3=C5CC([C@@H]4CC[C@H](C)N4C(=O)[C@@H](NC(=O)OC)C(C)C)=N3)C2)N(C)C1. The lowest BCUT2D eigenvalue weighted by atomic mass is 9.83. The highest BCUT2D eigenvalue weighted by Crippen LogP contribution is 2.47. The molecule has 5 atom stereocenters. The van der Waals surface area contributed by atoms with Gasteiger partial charge in [0.25, 0.3) is 0 Å². The predicted octanol–water partition coefficient (Wildman–Crippen LogP) is 6.66. The zero-order valence-corrected chi connectivity index (χ0v) is 31.3. The topological polar surface area (TPSA) is 105 Å². The van der Waals surface area contributed by atoms with Gasteiger partial charge in [-0.3, -0.25) is 19.7 Å². The van der Waals surface area contributed by atoms with E-state index in [9.17, 15) is 9.59 Å². The van der Waals surface area contributed by atoms with Gasteiger partial charge in [-0.15, -0.1) is 0 Å². The number of methoxy groups -OCH3 is 2. The van der Waals surface area contributed by atoms with Crippen molar-refractivity contribution in [1.82, 2.24) is 15.1 Å². The molecule has 0 radical (unpaired) electrons. The third kappa shape index (κ3) is 6.17. The van der Waals surface area contributed by atoms with Gasteiger partial charge in [0.15, 0.2) is 0 Å². The number of fused-ring (bicyclic) bond motifs is 5. The number of rotatable bonds is 8. The first-order chi connectivity index (χ1) is 25.1. The summed E-state index contributed by atoms with van der Waals surface area (Å²) in [5, 5.41) is 2.78. The predicted molar refractivity (Wildman–Crippen MR) is 203 cm³/mol. The Morgan fingerprint density at radius 1 is 1.00 bits per heavy atom. The number of hydrogen-bond acceptors (Lipinski definition) is 8. The molecule has 0 unspecified atom stereocenters. The summed E-state index contributed by atoms with van der Waals surface area (Å²) in [6.45, 7) is 8.38. The van der Waals surface area contributed by atoms with E-state index in [0.717, 1.165) is 80.8 Å². The number of carbonyl (C=O) groups is 2. The fourth-order valence-electron chi connectivity index (χ4n) is 9.46. The van der Waals surface area contributed by atoms with Crippen molar-refractivity contribution in [2.45, 2.75) is 96.5 Å². The molecule has 2 aromatic rings. The molecule has 2 saturated heterocycles. The highest BCUT2D eigenvalue weighted by atomic mass is 16.5. The maximum Gasteiger partial charge on any atom is 0.407 e. The number of allylic oxidation sites excluding steroid dienone is 3. The summed E-state index contributed by atoms with van der Waals surface area (Å²) in [7, 11) is 5.31. The minimum absolute atomic E-state index is 0.0641. The van der Waals surface area contributed by atoms with E-state index in [4.69, 9.17) is 24.2 Å². The molecule has 2 aromatic carbocycles. The van der Waals surface area contributed by atoms with Crippen LogP contribution in [0.15, 0.2) is 52.2 Å². The van der Waals surface area contributed by atoms with E-state index in [1.54, 1.807) is 7.11 Å². The lowest BCUT2D eigenvalue weighted by Gasteiger charge is -2.34. The second kappa shape index (κ2) is 13.9. The van der Waals surface area contributed by atoms with E-state index in [-0.39, 0.29) is 23.9 Å². The van der Waals surface area contributed by atoms with Crippen LogP contribution in [0.4, 0.5) is 4.79 Å². The number of alkyl carbamates (subject to hydrolysis) is 1. The Hall–Kier alpha value is -4.28. The third-order valence-electron chi connectivity index (χ3n) is 12.2. The van der Waals surface area contributed by atoms with Gasteiger partial charge in [0.2, 0.25) is 5.91 Å². The second-order valence-electron chi connectivity index (χ2n) is 15.9. The Morgan fingerprint density at radius 2 is 1.85 bits per heavy atom. The van der Waals surface area contributed by atoms with Crippen molar-refractivity contribution in [3.8, 4) is 16.9 Å². The van der Waals surface area contributed by atoms with Crippen LogP contribution in [0.1, 0.15) is 81.5 Å². The molecule has 52 heavy (non-hydrogen) atoms. The summed E-state index contributed by atoms with van der Waals surface area (Å²) >= 11 is 0. The van der Waals surface area contributed by atoms with Gasteiger partial charge in [0, 0.05) is 67.5 Å². The summed E-state index contributed by atoms with van der Waals surface area (Å²) in [5.74, 6) is 1.33. The number of hydrogen-bond donors (Lipinski definition) is 1. The summed E-state index contributed by atoms with van der Waals surface area (Å²) in [6.07, 6.45) is 7.75. The maximum atomic E-state index is 14.0. The molecular formula is C42H51N5O5. The van der Waals surface area contributed by atoms with Crippen LogP contribution in [-0.2, 0) is 27.3 Å². The van der Waals surface area contributed by atoms with Crippen molar-refractivity contribution in [1.29, 1.82) is 0 Å². The van der Waals surface area contributed by atoms with E-state index in [1.165, 1.54) is 51.8 Å². The number of ether oxygens (including phenoxy) is 3. The van der Waals surface area contributed by atoms with Crippen molar-refractivity contribution in [3.63, 3.8) is 0 Å². The molecule has 2 amide bonds. The summed E-state index contributed by atoms with van der Waals surface area (Å²) in [5.41, 5.74) is 13.3. The fraction of sp³-hybridized carbons (Fsp3) is 0.524. The average Bonchev–Trinajstić information content (AvgIpc) is 3.95. The van der Waals surface area contributed by atoms with E-state index in [0.29, 0.717) is 18.6 Å². The minimum atomic E-state index is -0.655. The molecule has 2 fully saturated rings. The number of aliphatic imine (C=N–C) groups is 2. The molecule has 0 bridgehead atoms. The van der Waals surface area contributed by atoms with Gasteiger partial charge in [0.05, 0.1) is 19.8 Å². The zero-order chi connectivity index (χ0) is 36.3. The molecule has 0 aromatic heterocycles. The van der Waals surface area contributed by atoms with E-state index in [2.05, 4.69) is 60.7 Å². The van der Waals surface area contributed by atoms with Crippen LogP contribution in [0.25, 0.3) is 22.3 Å². The summed E-state index contributed by atoms with van der Waals surface area (Å²) < 4.78 is 16.8. The normalized spacial score (nSPS) is 25.5. The average molecular weight is 706 g/mol. The van der Waals surface area contributed by atoms with E-state index in [1.807, 2.05) is 18.7 Å². The van der Waals surface area contributed by atoms with Gasteiger partial charge in [-0.05, 0) is 115 Å². The Labute approximate surface area is 307 Å². The largest absolute Gasteiger partial charge is 0.488 e. The molecule has 10 heteroatoms. The highest BCUT2D eigenvalue weighted by molar-refractivity contribution is 6.06. The Bertz CT molecular complexity index is 1930. The fourth-order valence-corrected chi connectivity index (χ4v) is 9.46. The first kappa shape index (κ1) is 34.8. The Morgan fingerprint density at radius 3 is 2.63 bits per heavy atom. The molecule has 0 spiro atoms. The van der Waals surface area contributed by atoms with Crippen LogP contribution in [0, 0.1) is 11.8 Å². The van der Waals surface area contributed by atoms with Crippen molar-refractivity contribution >= 4 is 34.6 Å². The van der Waals surface area contributed by atoms with Crippen molar-refractivity contribution in [2.75, 3.05) is 34.4 Å². The number of nitrogens with zero attached hydrogens (tertiary/aromatic N) is 4. The number of nitrogens with one attached hydrogen (secondary N) is 1. The zero-order valence-electron chi connectivity index (χ0n) is 31.3. The van der Waals surface area contributed by atoms with E-state index < -0.39 is 12.1 Å². The highest BCUT2D eigenvalue weighted by Gasteiger charge is 2.43. The summed E-state index contributed by atoms with van der Waals surface area (Å²) in [6, 6.07) is 11.1. The van der Waals surface area contributed by atoms with Gasteiger partial charge in [0.1, 0.15) is 18.4 Å². The van der Waals surface area contributed by atoms with Crippen LogP contribution in [0.3, 0.4) is 0 Å². The molecule has 5 heterocycles. The van der Waals surface area contributed by atoms with Crippen molar-refractivity contribution < 1.29 is 23.8 Å². The number of aryl methyl sites for hydroxylation is 1. The molecule has 10 nitrogen and oxygen atoms in total. The van der Waals surface area contributed by atoms with Crippen molar-refractivity contribution in [2.24, 2.45) is 21.8 Å². The van der Waals surface area contributed by atoms with E-state index >= 15 is 0 Å². The van der Waals surface area contributed by atoms with Crippen LogP contribution >= 0.6 is 0 Å². The van der Waals surface area contributed by atoms with Gasteiger partial charge in [-0.1, -0.05) is 26.0 Å². The third-order valence-corrected chi connectivity index (χ3v) is 12.2. The van der Waals surface area contributed by atoms with Crippen LogP contribution in [-0.4, -0.2) is 91.8 Å². The number of amides is 2.